The maximum Gasteiger partial charge on any atom is 0.0287 e. The van der Waals surface area contributed by atoms with Crippen LogP contribution in [0.25, 0.3) is 0 Å². The van der Waals surface area contributed by atoms with Crippen LogP contribution in [0.5, 0.6) is 0 Å². The zero-order valence-electron chi connectivity index (χ0n) is 6.65. The molecule has 0 saturated carbocycles. The molecule has 0 aromatic heterocycles. The molecule has 0 heterocycles. The molecule has 0 spiro atoms. The minimum atomic E-state index is -0.113. The molecule has 0 saturated heterocycles. The molecule has 0 fully saturated rings. The SMILES string of the molecule is CC(C)(N)PC(C)(C)N. The molecule has 4 N–H and O–H groups in total. The van der Waals surface area contributed by atoms with Crippen LogP contribution in [0, 0.1) is 0 Å². The Balaban J connectivity index is 3.75. The van der Waals surface area contributed by atoms with Crippen LogP contribution >= 0.6 is 8.58 Å². The van der Waals surface area contributed by atoms with Gasteiger partial charge in [0.2, 0.25) is 0 Å². The van der Waals surface area contributed by atoms with E-state index in [0.717, 1.165) is 0 Å². The lowest BCUT2D eigenvalue weighted by atomic mass is 10.4. The van der Waals surface area contributed by atoms with Crippen LogP contribution in [-0.4, -0.2) is 10.6 Å². The molecule has 0 amide bonds. The summed E-state index contributed by atoms with van der Waals surface area (Å²) in [6, 6.07) is 0. The summed E-state index contributed by atoms with van der Waals surface area (Å²) in [5.41, 5.74) is 11.5. The summed E-state index contributed by atoms with van der Waals surface area (Å²) >= 11 is 0. The Hall–Kier alpha value is 0.350. The minimum absolute atomic E-state index is 0.113. The second-order valence-corrected chi connectivity index (χ2v) is 6.40. The third kappa shape index (κ3) is 8.35. The molecular weight excluding hydrogens is 131 g/mol. The van der Waals surface area contributed by atoms with Crippen molar-refractivity contribution in [3.05, 3.63) is 0 Å². The topological polar surface area (TPSA) is 52.0 Å². The molecule has 0 unspecified atom stereocenters. The highest BCUT2D eigenvalue weighted by molar-refractivity contribution is 7.41. The fourth-order valence-corrected chi connectivity index (χ4v) is 2.49. The van der Waals surface area contributed by atoms with E-state index in [2.05, 4.69) is 0 Å². The maximum absolute atomic E-state index is 5.75. The van der Waals surface area contributed by atoms with Crippen LogP contribution in [0.4, 0.5) is 0 Å². The molecule has 0 aromatic rings. The van der Waals surface area contributed by atoms with Gasteiger partial charge in [-0.2, -0.15) is 0 Å². The summed E-state index contributed by atoms with van der Waals surface area (Å²) in [5.74, 6) is 0. The number of hydrogen-bond donors (Lipinski definition) is 2. The number of nitrogens with two attached hydrogens (primary N) is 2. The lowest BCUT2D eigenvalue weighted by Crippen LogP contribution is -2.36. The molecule has 0 aliphatic rings. The molecule has 0 atom stereocenters. The summed E-state index contributed by atoms with van der Waals surface area (Å²) < 4.78 is 0. The standard InChI is InChI=1S/C6H17N2P/c1-5(2,7)9-6(3,4)8/h9H,7-8H2,1-4H3. The van der Waals surface area contributed by atoms with E-state index in [0.29, 0.717) is 8.58 Å². The molecule has 0 aliphatic carbocycles. The third-order valence-corrected chi connectivity index (χ3v) is 1.93. The van der Waals surface area contributed by atoms with Gasteiger partial charge in [-0.15, -0.1) is 0 Å². The Morgan fingerprint density at radius 2 is 1.11 bits per heavy atom. The van der Waals surface area contributed by atoms with Crippen LogP contribution in [0.15, 0.2) is 0 Å². The molecule has 3 heteroatoms. The van der Waals surface area contributed by atoms with E-state index in [4.69, 9.17) is 11.5 Å². The zero-order valence-corrected chi connectivity index (χ0v) is 7.65. The number of rotatable bonds is 2. The smallest absolute Gasteiger partial charge is 0.0287 e. The molecule has 2 nitrogen and oxygen atoms in total. The van der Waals surface area contributed by atoms with Crippen molar-refractivity contribution in [3.8, 4) is 0 Å². The summed E-state index contributed by atoms with van der Waals surface area (Å²) in [7, 11) is 0.606. The fraction of sp³-hybridized carbons (Fsp3) is 1.00. The first kappa shape index (κ1) is 9.35. The van der Waals surface area contributed by atoms with Crippen LogP contribution in [0.3, 0.4) is 0 Å². The Labute approximate surface area is 59.2 Å². The highest BCUT2D eigenvalue weighted by Gasteiger charge is 2.20. The van der Waals surface area contributed by atoms with Crippen LogP contribution in [0.2, 0.25) is 0 Å². The Morgan fingerprint density at radius 3 is 1.11 bits per heavy atom. The van der Waals surface area contributed by atoms with Gasteiger partial charge in [-0.1, -0.05) is 8.58 Å². The quantitative estimate of drug-likeness (QED) is 0.575. The first-order chi connectivity index (χ1) is 3.71. The van der Waals surface area contributed by atoms with E-state index in [-0.39, 0.29) is 10.6 Å². The molecule has 0 aliphatic heterocycles. The highest BCUT2D eigenvalue weighted by atomic mass is 31.1. The van der Waals surface area contributed by atoms with Crippen LogP contribution < -0.4 is 11.5 Å². The summed E-state index contributed by atoms with van der Waals surface area (Å²) in [6.45, 7) is 8.00. The van der Waals surface area contributed by atoms with Crippen molar-refractivity contribution in [1.82, 2.24) is 0 Å². The lowest BCUT2D eigenvalue weighted by Gasteiger charge is -2.28. The van der Waals surface area contributed by atoms with E-state index >= 15 is 0 Å². The number of hydrogen-bond acceptors (Lipinski definition) is 2. The van der Waals surface area contributed by atoms with Gasteiger partial charge in [-0.3, -0.25) is 0 Å². The third-order valence-electron chi connectivity index (χ3n) is 0.644. The monoisotopic (exact) mass is 148 g/mol. The van der Waals surface area contributed by atoms with Gasteiger partial charge in [0.1, 0.15) is 0 Å². The van der Waals surface area contributed by atoms with E-state index in [9.17, 15) is 0 Å². The summed E-state index contributed by atoms with van der Waals surface area (Å²) in [6.07, 6.45) is 0. The molecule has 0 rings (SSSR count). The van der Waals surface area contributed by atoms with Crippen LogP contribution in [0.1, 0.15) is 27.7 Å². The van der Waals surface area contributed by atoms with Gasteiger partial charge in [0.05, 0.1) is 0 Å². The first-order valence-corrected chi connectivity index (χ1v) is 4.08. The molecule has 56 valence electrons. The largest absolute Gasteiger partial charge is 0.322 e. The zero-order chi connectivity index (χ0) is 7.71. The van der Waals surface area contributed by atoms with E-state index in [1.165, 1.54) is 0 Å². The normalized spacial score (nSPS) is 14.0. The predicted molar refractivity (Wildman–Crippen MR) is 44.8 cm³/mol. The Bertz CT molecular complexity index is 76.2. The van der Waals surface area contributed by atoms with Crippen molar-refractivity contribution >= 4 is 8.58 Å². The van der Waals surface area contributed by atoms with Gasteiger partial charge in [-0.05, 0) is 27.7 Å². The van der Waals surface area contributed by atoms with Crippen molar-refractivity contribution in [3.63, 3.8) is 0 Å². The highest BCUT2D eigenvalue weighted by Crippen LogP contribution is 2.35. The second-order valence-electron chi connectivity index (χ2n) is 3.57. The molecule has 0 bridgehead atoms. The van der Waals surface area contributed by atoms with Gasteiger partial charge in [0, 0.05) is 10.6 Å². The lowest BCUT2D eigenvalue weighted by molar-refractivity contribution is 0.682. The first-order valence-electron chi connectivity index (χ1n) is 3.08. The van der Waals surface area contributed by atoms with Gasteiger partial charge in [0.15, 0.2) is 0 Å². The Kier molecular flexibility index (Phi) is 2.63. The van der Waals surface area contributed by atoms with E-state index in [1.54, 1.807) is 0 Å². The summed E-state index contributed by atoms with van der Waals surface area (Å²) in [4.78, 5) is 0. The minimum Gasteiger partial charge on any atom is -0.322 e. The van der Waals surface area contributed by atoms with Crippen molar-refractivity contribution in [2.75, 3.05) is 0 Å². The average Bonchev–Trinajstić information content (AvgIpc) is 1.14. The summed E-state index contributed by atoms with van der Waals surface area (Å²) in [5, 5.41) is -0.226. The van der Waals surface area contributed by atoms with Gasteiger partial charge < -0.3 is 11.5 Å². The Morgan fingerprint density at radius 1 is 0.889 bits per heavy atom. The maximum atomic E-state index is 5.75. The average molecular weight is 148 g/mol. The van der Waals surface area contributed by atoms with Crippen molar-refractivity contribution < 1.29 is 0 Å². The van der Waals surface area contributed by atoms with E-state index < -0.39 is 0 Å². The van der Waals surface area contributed by atoms with Crippen molar-refractivity contribution in [2.45, 2.75) is 38.3 Å². The van der Waals surface area contributed by atoms with Gasteiger partial charge in [0.25, 0.3) is 0 Å². The van der Waals surface area contributed by atoms with Gasteiger partial charge >= 0.3 is 0 Å². The van der Waals surface area contributed by atoms with Gasteiger partial charge in [-0.25, -0.2) is 0 Å². The molecule has 0 radical (unpaired) electrons. The predicted octanol–water partition coefficient (Wildman–Crippen LogP) is 1.05. The van der Waals surface area contributed by atoms with Crippen molar-refractivity contribution in [2.24, 2.45) is 11.5 Å². The van der Waals surface area contributed by atoms with Crippen molar-refractivity contribution in [1.29, 1.82) is 0 Å². The fourth-order valence-electron chi connectivity index (χ4n) is 0.830. The van der Waals surface area contributed by atoms with Crippen LogP contribution in [-0.2, 0) is 0 Å². The molecule has 0 aromatic carbocycles. The second kappa shape index (κ2) is 2.53. The molecular formula is C6H17N2P. The molecule has 9 heavy (non-hydrogen) atoms. The van der Waals surface area contributed by atoms with E-state index in [1.807, 2.05) is 27.7 Å².